The average molecular weight is 374 g/mol. The van der Waals surface area contributed by atoms with E-state index in [1.807, 2.05) is 0 Å². The Bertz CT molecular complexity index is 1050. The standard InChI is InChI=1S/C14H8BrN5O3/c15-11-6-5-10(22-11)13-16-12(18-23-13)7-20-14(21)8-3-1-2-4-9(8)17-19-20/h1-6H,7H2. The SMILES string of the molecule is O=c1c2ccccc2nnn1Cc1noc(-c2ccc(Br)o2)n1. The van der Waals surface area contributed by atoms with Gasteiger partial charge in [0.1, 0.15) is 12.1 Å². The summed E-state index contributed by atoms with van der Waals surface area (Å²) < 4.78 is 12.2. The van der Waals surface area contributed by atoms with Crippen LogP contribution in [0.25, 0.3) is 22.6 Å². The fraction of sp³-hybridized carbons (Fsp3) is 0.0714. The number of hydrogen-bond donors (Lipinski definition) is 0. The van der Waals surface area contributed by atoms with Gasteiger partial charge in [0.25, 0.3) is 11.4 Å². The Kier molecular flexibility index (Phi) is 3.27. The van der Waals surface area contributed by atoms with Crippen LogP contribution in [0.3, 0.4) is 0 Å². The molecule has 0 spiro atoms. The lowest BCUT2D eigenvalue weighted by Crippen LogP contribution is -2.25. The lowest BCUT2D eigenvalue weighted by Gasteiger charge is -2.01. The highest BCUT2D eigenvalue weighted by molar-refractivity contribution is 9.10. The lowest BCUT2D eigenvalue weighted by molar-refractivity contribution is 0.403. The molecular weight excluding hydrogens is 366 g/mol. The van der Waals surface area contributed by atoms with Gasteiger partial charge in [0, 0.05) is 0 Å². The molecule has 0 unspecified atom stereocenters. The Morgan fingerprint density at radius 3 is 2.87 bits per heavy atom. The van der Waals surface area contributed by atoms with Crippen LogP contribution in [0.15, 0.2) is 54.8 Å². The Labute approximate surface area is 136 Å². The number of hydrogen-bond acceptors (Lipinski definition) is 7. The topological polar surface area (TPSA) is 99.8 Å². The van der Waals surface area contributed by atoms with E-state index in [1.54, 1.807) is 36.4 Å². The van der Waals surface area contributed by atoms with Crippen LogP contribution in [0.1, 0.15) is 5.82 Å². The van der Waals surface area contributed by atoms with Crippen LogP contribution in [-0.4, -0.2) is 25.1 Å². The molecule has 0 aliphatic carbocycles. The van der Waals surface area contributed by atoms with Gasteiger partial charge in [0.2, 0.25) is 0 Å². The summed E-state index contributed by atoms with van der Waals surface area (Å²) >= 11 is 3.20. The van der Waals surface area contributed by atoms with E-state index >= 15 is 0 Å². The van der Waals surface area contributed by atoms with Crippen molar-refractivity contribution >= 4 is 26.8 Å². The van der Waals surface area contributed by atoms with Crippen molar-refractivity contribution in [1.82, 2.24) is 25.1 Å². The predicted octanol–water partition coefficient (Wildman–Crippen LogP) is 2.25. The van der Waals surface area contributed by atoms with E-state index in [-0.39, 0.29) is 18.0 Å². The highest BCUT2D eigenvalue weighted by atomic mass is 79.9. The second-order valence-electron chi connectivity index (χ2n) is 4.69. The highest BCUT2D eigenvalue weighted by Crippen LogP contribution is 2.23. The molecule has 4 rings (SSSR count). The van der Waals surface area contributed by atoms with E-state index < -0.39 is 0 Å². The Hall–Kier alpha value is -2.81. The number of halogens is 1. The molecule has 3 aromatic heterocycles. The van der Waals surface area contributed by atoms with Crippen molar-refractivity contribution in [3.63, 3.8) is 0 Å². The number of furan rings is 1. The quantitative estimate of drug-likeness (QED) is 0.542. The van der Waals surface area contributed by atoms with Crippen molar-refractivity contribution in [3.8, 4) is 11.7 Å². The smallest absolute Gasteiger partial charge is 0.293 e. The molecule has 0 atom stereocenters. The zero-order chi connectivity index (χ0) is 15.8. The van der Waals surface area contributed by atoms with Gasteiger partial charge in [-0.2, -0.15) is 4.98 Å². The minimum Gasteiger partial charge on any atom is -0.444 e. The Morgan fingerprint density at radius 2 is 2.04 bits per heavy atom. The molecule has 0 fully saturated rings. The maximum Gasteiger partial charge on any atom is 0.293 e. The molecule has 3 heterocycles. The minimum absolute atomic E-state index is 0.0576. The van der Waals surface area contributed by atoms with Gasteiger partial charge in [-0.15, -0.1) is 5.10 Å². The molecule has 4 aromatic rings. The summed E-state index contributed by atoms with van der Waals surface area (Å²) in [6, 6.07) is 10.4. The van der Waals surface area contributed by atoms with Crippen molar-refractivity contribution in [2.45, 2.75) is 6.54 Å². The molecule has 0 radical (unpaired) electrons. The van der Waals surface area contributed by atoms with E-state index in [1.165, 1.54) is 4.68 Å². The molecule has 1 aromatic carbocycles. The molecule has 0 aliphatic rings. The van der Waals surface area contributed by atoms with Gasteiger partial charge in [0.05, 0.1) is 5.39 Å². The van der Waals surface area contributed by atoms with Gasteiger partial charge in [-0.3, -0.25) is 4.79 Å². The normalized spacial score (nSPS) is 11.2. The first-order valence-corrected chi connectivity index (χ1v) is 7.41. The van der Waals surface area contributed by atoms with Gasteiger partial charge in [-0.1, -0.05) is 22.5 Å². The van der Waals surface area contributed by atoms with Crippen LogP contribution in [0.2, 0.25) is 0 Å². The molecule has 0 amide bonds. The van der Waals surface area contributed by atoms with Gasteiger partial charge >= 0.3 is 0 Å². The van der Waals surface area contributed by atoms with Crippen molar-refractivity contribution in [1.29, 1.82) is 0 Å². The Morgan fingerprint density at radius 1 is 1.17 bits per heavy atom. The maximum absolute atomic E-state index is 12.4. The number of rotatable bonds is 3. The zero-order valence-corrected chi connectivity index (χ0v) is 13.1. The molecule has 0 aliphatic heterocycles. The highest BCUT2D eigenvalue weighted by Gasteiger charge is 2.14. The fourth-order valence-corrected chi connectivity index (χ4v) is 2.41. The molecular formula is C14H8BrN5O3. The van der Waals surface area contributed by atoms with Crippen LogP contribution >= 0.6 is 15.9 Å². The van der Waals surface area contributed by atoms with Gasteiger partial charge in [-0.25, -0.2) is 4.68 Å². The molecule has 114 valence electrons. The van der Waals surface area contributed by atoms with Gasteiger partial charge < -0.3 is 8.94 Å². The molecule has 0 N–H and O–H groups in total. The van der Waals surface area contributed by atoms with Crippen molar-refractivity contribution in [2.75, 3.05) is 0 Å². The summed E-state index contributed by atoms with van der Waals surface area (Å²) in [6.07, 6.45) is 0. The summed E-state index contributed by atoms with van der Waals surface area (Å²) in [7, 11) is 0. The summed E-state index contributed by atoms with van der Waals surface area (Å²) in [6.45, 7) is 0.0576. The predicted molar refractivity (Wildman–Crippen MR) is 82.6 cm³/mol. The lowest BCUT2D eigenvalue weighted by atomic mass is 10.2. The van der Waals surface area contributed by atoms with E-state index in [2.05, 4.69) is 36.4 Å². The average Bonchev–Trinajstić information content (AvgIpc) is 3.19. The summed E-state index contributed by atoms with van der Waals surface area (Å²) in [4.78, 5) is 16.6. The van der Waals surface area contributed by atoms with Crippen LogP contribution in [0, 0.1) is 0 Å². The molecule has 0 saturated heterocycles. The van der Waals surface area contributed by atoms with Crippen molar-refractivity contribution < 1.29 is 8.94 Å². The van der Waals surface area contributed by atoms with Crippen LogP contribution in [-0.2, 0) is 6.54 Å². The third-order valence-corrected chi connectivity index (χ3v) is 3.60. The monoisotopic (exact) mass is 373 g/mol. The van der Waals surface area contributed by atoms with Gasteiger partial charge in [0.15, 0.2) is 16.3 Å². The summed E-state index contributed by atoms with van der Waals surface area (Å²) in [5.41, 5.74) is 0.283. The number of fused-ring (bicyclic) bond motifs is 1. The van der Waals surface area contributed by atoms with E-state index in [4.69, 9.17) is 8.94 Å². The third-order valence-electron chi connectivity index (χ3n) is 3.17. The summed E-state index contributed by atoms with van der Waals surface area (Å²) in [5.74, 6) is 0.972. The van der Waals surface area contributed by atoms with Crippen LogP contribution in [0.4, 0.5) is 0 Å². The number of nitrogens with zero attached hydrogens (tertiary/aromatic N) is 5. The molecule has 8 nitrogen and oxygen atoms in total. The first-order valence-electron chi connectivity index (χ1n) is 6.61. The second kappa shape index (κ2) is 5.43. The molecule has 0 saturated carbocycles. The van der Waals surface area contributed by atoms with Crippen molar-refractivity contribution in [3.05, 3.63) is 57.2 Å². The Balaban J connectivity index is 1.67. The van der Waals surface area contributed by atoms with E-state index in [0.717, 1.165) is 0 Å². The van der Waals surface area contributed by atoms with E-state index in [9.17, 15) is 4.79 Å². The first kappa shape index (κ1) is 13.8. The number of aromatic nitrogens is 5. The first-order chi connectivity index (χ1) is 11.2. The number of benzene rings is 1. The second-order valence-corrected chi connectivity index (χ2v) is 5.47. The largest absolute Gasteiger partial charge is 0.444 e. The molecule has 9 heteroatoms. The van der Waals surface area contributed by atoms with Gasteiger partial charge in [-0.05, 0) is 40.2 Å². The summed E-state index contributed by atoms with van der Waals surface area (Å²) in [5, 5.41) is 12.2. The zero-order valence-electron chi connectivity index (χ0n) is 11.5. The third kappa shape index (κ3) is 2.55. The van der Waals surface area contributed by atoms with Crippen molar-refractivity contribution in [2.24, 2.45) is 0 Å². The minimum atomic E-state index is -0.261. The molecule has 0 bridgehead atoms. The van der Waals surface area contributed by atoms with Crippen LogP contribution < -0.4 is 5.56 Å². The molecule has 23 heavy (non-hydrogen) atoms. The van der Waals surface area contributed by atoms with Crippen LogP contribution in [0.5, 0.6) is 0 Å². The fourth-order valence-electron chi connectivity index (χ4n) is 2.11. The maximum atomic E-state index is 12.4. The van der Waals surface area contributed by atoms with E-state index in [0.29, 0.717) is 27.2 Å².